The first-order chi connectivity index (χ1) is 15.5. The molecule has 2 aromatic carbocycles. The Morgan fingerprint density at radius 3 is 2.18 bits per heavy atom. The van der Waals surface area contributed by atoms with Gasteiger partial charge in [-0.3, -0.25) is 19.7 Å². The molecular formula is C25H26N2O6. The molecular weight excluding hydrogens is 424 g/mol. The number of carbonyl (C=O) groups excluding carboxylic acids is 4. The summed E-state index contributed by atoms with van der Waals surface area (Å²) in [5, 5.41) is 5.46. The maximum absolute atomic E-state index is 12.9. The van der Waals surface area contributed by atoms with Crippen LogP contribution in [-0.4, -0.2) is 29.4 Å². The molecule has 0 fully saturated rings. The highest BCUT2D eigenvalue weighted by Gasteiger charge is 2.20. The average Bonchev–Trinajstić information content (AvgIpc) is 3.14. The molecule has 0 unspecified atom stereocenters. The summed E-state index contributed by atoms with van der Waals surface area (Å²) in [5.74, 6) is -0.502. The number of anilines is 2. The Labute approximate surface area is 192 Å². The molecule has 2 amide bonds. The van der Waals surface area contributed by atoms with E-state index in [0.717, 1.165) is 11.1 Å². The third kappa shape index (κ3) is 6.77. The second-order valence-corrected chi connectivity index (χ2v) is 8.60. The third-order valence-electron chi connectivity index (χ3n) is 4.63. The fourth-order valence-electron chi connectivity index (χ4n) is 3.23. The molecule has 2 aromatic rings. The van der Waals surface area contributed by atoms with Crippen LogP contribution in [0.5, 0.6) is 5.75 Å². The van der Waals surface area contributed by atoms with Gasteiger partial charge >= 0.3 is 12.1 Å². The largest absolute Gasteiger partial charge is 0.444 e. The highest BCUT2D eigenvalue weighted by atomic mass is 16.6. The van der Waals surface area contributed by atoms with Gasteiger partial charge in [0, 0.05) is 18.9 Å². The Morgan fingerprint density at radius 1 is 0.909 bits per heavy atom. The standard InChI is InChI=1S/C25H26N2O6/c1-15(28)32-20-10-6-16(7-11-20)23(30)26-22-14-18(17-5-9-19(29)13-17)8-12-21(22)27-24(31)33-25(2,3)4/h6-8,10-14H,5,9H2,1-4H3,(H,26,30)(H,27,31). The number of nitrogens with one attached hydrogen (secondary N) is 2. The maximum atomic E-state index is 12.9. The molecule has 2 N–H and O–H groups in total. The number of ether oxygens (including phenoxy) is 2. The molecule has 0 saturated carbocycles. The van der Waals surface area contributed by atoms with Crippen LogP contribution in [0, 0.1) is 0 Å². The van der Waals surface area contributed by atoms with Crippen LogP contribution in [0.2, 0.25) is 0 Å². The number of hydrogen-bond donors (Lipinski definition) is 2. The lowest BCUT2D eigenvalue weighted by Crippen LogP contribution is -2.27. The summed E-state index contributed by atoms with van der Waals surface area (Å²) >= 11 is 0. The number of amides is 2. The van der Waals surface area contributed by atoms with E-state index < -0.39 is 23.6 Å². The summed E-state index contributed by atoms with van der Waals surface area (Å²) in [6.45, 7) is 6.55. The molecule has 8 heteroatoms. The molecule has 0 spiro atoms. The summed E-state index contributed by atoms with van der Waals surface area (Å²) in [5.41, 5.74) is 1.98. The molecule has 0 heterocycles. The summed E-state index contributed by atoms with van der Waals surface area (Å²) in [6, 6.07) is 11.2. The minimum Gasteiger partial charge on any atom is -0.444 e. The lowest BCUT2D eigenvalue weighted by molar-refractivity contribution is -0.131. The molecule has 0 saturated heterocycles. The van der Waals surface area contributed by atoms with Crippen molar-refractivity contribution in [2.24, 2.45) is 0 Å². The van der Waals surface area contributed by atoms with Crippen LogP contribution < -0.4 is 15.4 Å². The van der Waals surface area contributed by atoms with Gasteiger partial charge < -0.3 is 14.8 Å². The van der Waals surface area contributed by atoms with Crippen LogP contribution in [0.15, 0.2) is 48.5 Å². The van der Waals surface area contributed by atoms with E-state index in [4.69, 9.17) is 9.47 Å². The van der Waals surface area contributed by atoms with Crippen LogP contribution in [0.1, 0.15) is 56.5 Å². The van der Waals surface area contributed by atoms with Crippen molar-refractivity contribution in [1.82, 2.24) is 0 Å². The smallest absolute Gasteiger partial charge is 0.412 e. The normalized spacial score (nSPS) is 13.2. The summed E-state index contributed by atoms with van der Waals surface area (Å²) < 4.78 is 10.3. The van der Waals surface area contributed by atoms with Gasteiger partial charge in [0.05, 0.1) is 11.4 Å². The second-order valence-electron chi connectivity index (χ2n) is 8.60. The molecule has 0 atom stereocenters. The summed E-state index contributed by atoms with van der Waals surface area (Å²) in [7, 11) is 0. The first-order valence-electron chi connectivity index (χ1n) is 10.5. The van der Waals surface area contributed by atoms with E-state index in [1.54, 1.807) is 45.0 Å². The van der Waals surface area contributed by atoms with Crippen molar-refractivity contribution in [2.45, 2.75) is 46.1 Å². The lowest BCUT2D eigenvalue weighted by Gasteiger charge is -2.21. The van der Waals surface area contributed by atoms with Gasteiger partial charge in [0.1, 0.15) is 11.4 Å². The van der Waals surface area contributed by atoms with E-state index in [9.17, 15) is 19.2 Å². The van der Waals surface area contributed by atoms with Gasteiger partial charge in [-0.1, -0.05) is 6.07 Å². The molecule has 0 bridgehead atoms. The van der Waals surface area contributed by atoms with E-state index in [0.29, 0.717) is 35.5 Å². The molecule has 33 heavy (non-hydrogen) atoms. The molecule has 0 radical (unpaired) electrons. The molecule has 3 rings (SSSR count). The minimum absolute atomic E-state index is 0.0550. The quantitative estimate of drug-likeness (QED) is 0.492. The van der Waals surface area contributed by atoms with Crippen molar-refractivity contribution < 1.29 is 28.7 Å². The Hall–Kier alpha value is -3.94. The van der Waals surface area contributed by atoms with Crippen molar-refractivity contribution in [1.29, 1.82) is 0 Å². The average molecular weight is 450 g/mol. The van der Waals surface area contributed by atoms with Gasteiger partial charge in [0.25, 0.3) is 5.91 Å². The van der Waals surface area contributed by atoms with Gasteiger partial charge in [-0.15, -0.1) is 0 Å². The van der Waals surface area contributed by atoms with Gasteiger partial charge in [-0.2, -0.15) is 0 Å². The highest BCUT2D eigenvalue weighted by molar-refractivity contribution is 6.08. The zero-order valence-electron chi connectivity index (χ0n) is 19.0. The zero-order chi connectivity index (χ0) is 24.2. The number of rotatable bonds is 5. The summed E-state index contributed by atoms with van der Waals surface area (Å²) in [6.07, 6.45) is 1.99. The van der Waals surface area contributed by atoms with Crippen molar-refractivity contribution in [2.75, 3.05) is 10.6 Å². The Morgan fingerprint density at radius 2 is 1.61 bits per heavy atom. The number of allylic oxidation sites excluding steroid dienone is 2. The molecule has 172 valence electrons. The molecule has 1 aliphatic carbocycles. The number of carbonyl (C=O) groups is 4. The van der Waals surface area contributed by atoms with Gasteiger partial charge in [0.15, 0.2) is 5.78 Å². The van der Waals surface area contributed by atoms with E-state index in [-0.39, 0.29) is 5.78 Å². The number of hydrogen-bond acceptors (Lipinski definition) is 6. The second kappa shape index (κ2) is 9.68. The zero-order valence-corrected chi connectivity index (χ0v) is 19.0. The van der Waals surface area contributed by atoms with Crippen molar-refractivity contribution in [3.63, 3.8) is 0 Å². The topological polar surface area (TPSA) is 111 Å². The highest BCUT2D eigenvalue weighted by Crippen LogP contribution is 2.32. The van der Waals surface area contributed by atoms with Crippen LogP contribution in [-0.2, 0) is 14.3 Å². The first kappa shape index (κ1) is 23.7. The molecule has 0 aliphatic heterocycles. The Kier molecular flexibility index (Phi) is 6.96. The Bertz CT molecular complexity index is 1130. The van der Waals surface area contributed by atoms with Crippen molar-refractivity contribution >= 4 is 40.7 Å². The Balaban J connectivity index is 1.86. The van der Waals surface area contributed by atoms with Gasteiger partial charge in [0.2, 0.25) is 0 Å². The van der Waals surface area contributed by atoms with Gasteiger partial charge in [-0.05, 0) is 80.8 Å². The SMILES string of the molecule is CC(=O)Oc1ccc(C(=O)Nc2cc(C3=CC(=O)CC3)ccc2NC(=O)OC(C)(C)C)cc1. The van der Waals surface area contributed by atoms with E-state index in [1.165, 1.54) is 31.2 Å². The van der Waals surface area contributed by atoms with E-state index in [1.807, 2.05) is 0 Å². The minimum atomic E-state index is -0.688. The number of ketones is 1. The predicted octanol–water partition coefficient (Wildman–Crippen LogP) is 4.96. The fraction of sp³-hybridized carbons (Fsp3) is 0.280. The lowest BCUT2D eigenvalue weighted by atomic mass is 10.0. The molecule has 8 nitrogen and oxygen atoms in total. The van der Waals surface area contributed by atoms with E-state index in [2.05, 4.69) is 10.6 Å². The van der Waals surface area contributed by atoms with E-state index >= 15 is 0 Å². The third-order valence-corrected chi connectivity index (χ3v) is 4.63. The monoisotopic (exact) mass is 450 g/mol. The first-order valence-corrected chi connectivity index (χ1v) is 10.5. The van der Waals surface area contributed by atoms with Crippen molar-refractivity contribution in [3.8, 4) is 5.75 Å². The predicted molar refractivity (Wildman–Crippen MR) is 124 cm³/mol. The van der Waals surface area contributed by atoms with Crippen molar-refractivity contribution in [3.05, 3.63) is 59.7 Å². The van der Waals surface area contributed by atoms with Crippen LogP contribution in [0.4, 0.5) is 16.2 Å². The maximum Gasteiger partial charge on any atom is 0.412 e. The number of esters is 1. The van der Waals surface area contributed by atoms with Crippen LogP contribution in [0.25, 0.3) is 5.57 Å². The summed E-state index contributed by atoms with van der Waals surface area (Å²) in [4.78, 5) is 47.9. The van der Waals surface area contributed by atoms with Gasteiger partial charge in [-0.25, -0.2) is 4.79 Å². The van der Waals surface area contributed by atoms with Crippen LogP contribution in [0.3, 0.4) is 0 Å². The number of benzene rings is 2. The fourth-order valence-corrected chi connectivity index (χ4v) is 3.23. The molecule has 0 aromatic heterocycles. The molecule has 1 aliphatic rings. The van der Waals surface area contributed by atoms with Crippen LogP contribution >= 0.6 is 0 Å².